The third-order valence-corrected chi connectivity index (χ3v) is 2.52. The minimum absolute atomic E-state index is 0.404. The lowest BCUT2D eigenvalue weighted by atomic mass is 10.1. The molecule has 0 aliphatic rings. The van der Waals surface area contributed by atoms with Gasteiger partial charge < -0.3 is 4.52 Å². The Morgan fingerprint density at radius 1 is 1.11 bits per heavy atom. The van der Waals surface area contributed by atoms with Gasteiger partial charge in [-0.25, -0.2) is 4.98 Å². The number of hydrogen-bond acceptors (Lipinski definition) is 5. The lowest BCUT2D eigenvalue weighted by Crippen LogP contribution is -1.85. The van der Waals surface area contributed by atoms with Gasteiger partial charge in [0.15, 0.2) is 5.82 Å². The molecule has 2 heterocycles. The van der Waals surface area contributed by atoms with Crippen molar-refractivity contribution in [3.05, 3.63) is 35.7 Å². The van der Waals surface area contributed by atoms with E-state index in [9.17, 15) is 0 Å². The monoisotopic (exact) mass is 241 g/mol. The highest BCUT2D eigenvalue weighted by Gasteiger charge is 2.12. The normalized spacial score (nSPS) is 10.8. The van der Waals surface area contributed by atoms with E-state index in [0.717, 1.165) is 16.7 Å². The van der Waals surface area contributed by atoms with Crippen molar-refractivity contribution in [2.75, 3.05) is 0 Å². The molecule has 0 saturated heterocycles. The van der Waals surface area contributed by atoms with Crippen LogP contribution in [0.2, 0.25) is 0 Å². The molecule has 0 spiro atoms. The van der Waals surface area contributed by atoms with Crippen molar-refractivity contribution in [1.29, 1.82) is 0 Å². The molecule has 1 N–H and O–H groups in total. The van der Waals surface area contributed by atoms with Gasteiger partial charge in [-0.3, -0.25) is 5.10 Å². The first-order valence-corrected chi connectivity index (χ1v) is 5.50. The van der Waals surface area contributed by atoms with Crippen LogP contribution in [0.4, 0.5) is 0 Å². The summed E-state index contributed by atoms with van der Waals surface area (Å²) >= 11 is 0. The summed E-state index contributed by atoms with van der Waals surface area (Å²) in [7, 11) is 0. The maximum absolute atomic E-state index is 5.24. The summed E-state index contributed by atoms with van der Waals surface area (Å²) in [5.74, 6) is 1.38. The lowest BCUT2D eigenvalue weighted by Gasteiger charge is -1.99. The Bertz CT molecular complexity index is 651. The molecule has 6 heteroatoms. The van der Waals surface area contributed by atoms with Gasteiger partial charge in [-0.05, 0) is 26.0 Å². The van der Waals surface area contributed by atoms with Crippen LogP contribution in [0, 0.1) is 13.8 Å². The minimum atomic E-state index is 0.404. The van der Waals surface area contributed by atoms with Crippen LogP contribution in [0.15, 0.2) is 29.0 Å². The van der Waals surface area contributed by atoms with E-state index in [1.165, 1.54) is 6.33 Å². The molecule has 0 amide bonds. The highest BCUT2D eigenvalue weighted by molar-refractivity contribution is 5.58. The summed E-state index contributed by atoms with van der Waals surface area (Å²) in [5.41, 5.74) is 3.22. The molecule has 0 aliphatic heterocycles. The summed E-state index contributed by atoms with van der Waals surface area (Å²) < 4.78 is 5.24. The Morgan fingerprint density at radius 3 is 2.56 bits per heavy atom. The van der Waals surface area contributed by atoms with Crippen molar-refractivity contribution in [3.8, 4) is 23.1 Å². The topological polar surface area (TPSA) is 80.5 Å². The van der Waals surface area contributed by atoms with Crippen molar-refractivity contribution in [1.82, 2.24) is 25.3 Å². The number of aromatic amines is 1. The summed E-state index contributed by atoms with van der Waals surface area (Å²) in [4.78, 5) is 8.27. The van der Waals surface area contributed by atoms with Gasteiger partial charge in [-0.2, -0.15) is 10.1 Å². The number of rotatable bonds is 2. The summed E-state index contributed by atoms with van der Waals surface area (Å²) in [6.45, 7) is 4.06. The number of aromatic nitrogens is 5. The third kappa shape index (κ3) is 1.88. The van der Waals surface area contributed by atoms with Gasteiger partial charge >= 0.3 is 0 Å². The van der Waals surface area contributed by atoms with Crippen LogP contribution in [0.5, 0.6) is 0 Å². The van der Waals surface area contributed by atoms with E-state index >= 15 is 0 Å². The van der Waals surface area contributed by atoms with Crippen LogP contribution in [0.25, 0.3) is 23.1 Å². The van der Waals surface area contributed by atoms with Crippen molar-refractivity contribution >= 4 is 0 Å². The Balaban J connectivity index is 2.03. The second-order valence-corrected chi connectivity index (χ2v) is 4.13. The zero-order chi connectivity index (χ0) is 12.5. The van der Waals surface area contributed by atoms with Crippen molar-refractivity contribution in [2.45, 2.75) is 13.8 Å². The van der Waals surface area contributed by atoms with Gasteiger partial charge in [0.2, 0.25) is 5.82 Å². The zero-order valence-corrected chi connectivity index (χ0v) is 10.0. The summed E-state index contributed by atoms with van der Waals surface area (Å²) in [5, 5.41) is 10.3. The Morgan fingerprint density at radius 2 is 1.89 bits per heavy atom. The lowest BCUT2D eigenvalue weighted by molar-refractivity contribution is 0.432. The predicted molar refractivity (Wildman–Crippen MR) is 64.6 cm³/mol. The SMILES string of the molecule is Cc1cc(C)cc(-c2nc(-c3ncn[nH]3)no2)c1. The van der Waals surface area contributed by atoms with Crippen molar-refractivity contribution < 1.29 is 4.52 Å². The van der Waals surface area contributed by atoms with Gasteiger partial charge in [0, 0.05) is 5.56 Å². The maximum atomic E-state index is 5.24. The average molecular weight is 241 g/mol. The van der Waals surface area contributed by atoms with Crippen LogP contribution in [-0.4, -0.2) is 25.3 Å². The van der Waals surface area contributed by atoms with Gasteiger partial charge in [0.1, 0.15) is 6.33 Å². The second kappa shape index (κ2) is 4.06. The van der Waals surface area contributed by atoms with Gasteiger partial charge in [0.05, 0.1) is 0 Å². The van der Waals surface area contributed by atoms with Crippen LogP contribution in [0.1, 0.15) is 11.1 Å². The average Bonchev–Trinajstić information content (AvgIpc) is 2.99. The first kappa shape index (κ1) is 10.6. The number of aryl methyl sites for hydroxylation is 2. The molecular weight excluding hydrogens is 230 g/mol. The van der Waals surface area contributed by atoms with E-state index in [1.54, 1.807) is 0 Å². The fourth-order valence-electron chi connectivity index (χ4n) is 1.85. The number of nitrogens with zero attached hydrogens (tertiary/aromatic N) is 4. The highest BCUT2D eigenvalue weighted by atomic mass is 16.5. The molecule has 0 unspecified atom stereocenters. The molecule has 1 aromatic carbocycles. The first-order valence-electron chi connectivity index (χ1n) is 5.50. The molecule has 6 nitrogen and oxygen atoms in total. The van der Waals surface area contributed by atoms with Crippen molar-refractivity contribution in [2.24, 2.45) is 0 Å². The Kier molecular flexibility index (Phi) is 2.40. The van der Waals surface area contributed by atoms with E-state index in [-0.39, 0.29) is 0 Å². The quantitative estimate of drug-likeness (QED) is 0.743. The molecule has 0 atom stereocenters. The van der Waals surface area contributed by atoms with Crippen molar-refractivity contribution in [3.63, 3.8) is 0 Å². The van der Waals surface area contributed by atoms with Gasteiger partial charge in [-0.15, -0.1) is 0 Å². The standard InChI is InChI=1S/C12H11N5O/c1-7-3-8(2)5-9(4-7)12-15-11(17-18-12)10-13-6-14-16-10/h3-6H,1-2H3,(H,13,14,16). The van der Waals surface area contributed by atoms with E-state index in [0.29, 0.717) is 17.5 Å². The number of benzene rings is 1. The fourth-order valence-corrected chi connectivity index (χ4v) is 1.85. The molecule has 2 aromatic heterocycles. The highest BCUT2D eigenvalue weighted by Crippen LogP contribution is 2.22. The molecule has 0 saturated carbocycles. The molecule has 3 aromatic rings. The largest absolute Gasteiger partial charge is 0.334 e. The number of hydrogen-bond donors (Lipinski definition) is 1. The molecule has 18 heavy (non-hydrogen) atoms. The molecule has 0 bridgehead atoms. The number of nitrogens with one attached hydrogen (secondary N) is 1. The molecule has 0 aliphatic carbocycles. The van der Waals surface area contributed by atoms with Crippen LogP contribution >= 0.6 is 0 Å². The van der Waals surface area contributed by atoms with Crippen LogP contribution in [-0.2, 0) is 0 Å². The molecule has 0 fully saturated rings. The summed E-state index contributed by atoms with van der Waals surface area (Å²) in [6, 6.07) is 6.10. The zero-order valence-electron chi connectivity index (χ0n) is 10.0. The predicted octanol–water partition coefficient (Wildman–Crippen LogP) is 2.14. The molecule has 0 radical (unpaired) electrons. The Labute approximate surface area is 103 Å². The van der Waals surface area contributed by atoms with Crippen LogP contribution < -0.4 is 0 Å². The minimum Gasteiger partial charge on any atom is -0.334 e. The summed E-state index contributed by atoms with van der Waals surface area (Å²) in [6.07, 6.45) is 1.40. The first-order chi connectivity index (χ1) is 8.72. The number of H-pyrrole nitrogens is 1. The van der Waals surface area contributed by atoms with Crippen LogP contribution in [0.3, 0.4) is 0 Å². The smallest absolute Gasteiger partial charge is 0.258 e. The second-order valence-electron chi connectivity index (χ2n) is 4.13. The van der Waals surface area contributed by atoms with Gasteiger partial charge in [0.25, 0.3) is 5.89 Å². The van der Waals surface area contributed by atoms with Gasteiger partial charge in [-0.1, -0.05) is 22.3 Å². The molecular formula is C12H11N5O. The van der Waals surface area contributed by atoms with E-state index in [4.69, 9.17) is 4.52 Å². The third-order valence-electron chi connectivity index (χ3n) is 2.52. The maximum Gasteiger partial charge on any atom is 0.258 e. The van der Waals surface area contributed by atoms with E-state index < -0.39 is 0 Å². The fraction of sp³-hybridized carbons (Fsp3) is 0.167. The Hall–Kier alpha value is -2.50. The molecule has 90 valence electrons. The molecule has 3 rings (SSSR count). The van der Waals surface area contributed by atoms with E-state index in [2.05, 4.69) is 31.4 Å². The van der Waals surface area contributed by atoms with E-state index in [1.807, 2.05) is 26.0 Å².